The van der Waals surface area contributed by atoms with Crippen molar-refractivity contribution in [3.05, 3.63) is 36.5 Å². The maximum absolute atomic E-state index is 12.5. The van der Waals surface area contributed by atoms with E-state index in [1.807, 2.05) is 6.08 Å². The molecule has 0 aromatic carbocycles. The molecule has 0 saturated carbocycles. The average molecular weight is 576 g/mol. The number of carbonyl (C=O) groups is 3. The van der Waals surface area contributed by atoms with E-state index in [2.05, 4.69) is 49.5 Å². The van der Waals surface area contributed by atoms with Gasteiger partial charge in [-0.1, -0.05) is 108 Å². The van der Waals surface area contributed by atoms with E-state index in [-0.39, 0.29) is 24.5 Å². The van der Waals surface area contributed by atoms with E-state index < -0.39 is 5.97 Å². The van der Waals surface area contributed by atoms with Gasteiger partial charge in [0, 0.05) is 12.8 Å². The Kier molecular flexibility index (Phi) is 28.8. The second-order valence-corrected chi connectivity index (χ2v) is 11.1. The van der Waals surface area contributed by atoms with Crippen LogP contribution >= 0.6 is 0 Å². The summed E-state index contributed by atoms with van der Waals surface area (Å²) < 4.78 is 5.82. The van der Waals surface area contributed by atoms with Gasteiger partial charge in [0.1, 0.15) is 12.6 Å². The number of carboxylic acid groups (broad SMARTS) is 1. The van der Waals surface area contributed by atoms with Crippen LogP contribution in [0.5, 0.6) is 0 Å². The SMILES string of the molecule is CCCC/C=C\C/C=C\C(CCCCCCC(=O)NCC(=O)O)OC(=O)CCCCCCC/C=C\CCCCCC. The van der Waals surface area contributed by atoms with E-state index in [1.165, 1.54) is 64.2 Å². The molecule has 6 heteroatoms. The fourth-order valence-electron chi connectivity index (χ4n) is 4.50. The molecule has 0 saturated heterocycles. The van der Waals surface area contributed by atoms with Gasteiger partial charge in [0.2, 0.25) is 5.91 Å². The molecule has 41 heavy (non-hydrogen) atoms. The molecular weight excluding hydrogens is 514 g/mol. The number of carboxylic acids is 1. The molecular formula is C35H61NO5. The highest BCUT2D eigenvalue weighted by molar-refractivity contribution is 5.80. The van der Waals surface area contributed by atoms with Crippen LogP contribution in [0, 0.1) is 0 Å². The van der Waals surface area contributed by atoms with Crippen LogP contribution in [0.2, 0.25) is 0 Å². The van der Waals surface area contributed by atoms with E-state index in [1.54, 1.807) is 0 Å². The van der Waals surface area contributed by atoms with Crippen molar-refractivity contribution in [1.82, 2.24) is 5.32 Å². The van der Waals surface area contributed by atoms with E-state index >= 15 is 0 Å². The minimum absolute atomic E-state index is 0.112. The monoisotopic (exact) mass is 575 g/mol. The van der Waals surface area contributed by atoms with Gasteiger partial charge in [0.15, 0.2) is 0 Å². The smallest absolute Gasteiger partial charge is 0.322 e. The van der Waals surface area contributed by atoms with E-state index in [4.69, 9.17) is 9.84 Å². The summed E-state index contributed by atoms with van der Waals surface area (Å²) in [6.45, 7) is 4.11. The van der Waals surface area contributed by atoms with Crippen LogP contribution in [-0.4, -0.2) is 35.6 Å². The minimum atomic E-state index is -1.03. The van der Waals surface area contributed by atoms with Crippen LogP contribution in [-0.2, 0) is 19.1 Å². The van der Waals surface area contributed by atoms with E-state index in [0.717, 1.165) is 64.2 Å². The summed E-state index contributed by atoms with van der Waals surface area (Å²) in [6.07, 6.45) is 35.6. The van der Waals surface area contributed by atoms with Crippen molar-refractivity contribution in [2.45, 2.75) is 161 Å². The lowest BCUT2D eigenvalue weighted by Crippen LogP contribution is -2.28. The Morgan fingerprint density at radius 2 is 1.22 bits per heavy atom. The molecule has 0 aliphatic carbocycles. The largest absolute Gasteiger partial charge is 0.480 e. The summed E-state index contributed by atoms with van der Waals surface area (Å²) >= 11 is 0. The van der Waals surface area contributed by atoms with Crippen LogP contribution in [0.3, 0.4) is 0 Å². The number of nitrogens with one attached hydrogen (secondary N) is 1. The molecule has 1 unspecified atom stereocenters. The fourth-order valence-corrected chi connectivity index (χ4v) is 4.50. The summed E-state index contributed by atoms with van der Waals surface area (Å²) in [7, 11) is 0. The molecule has 6 nitrogen and oxygen atoms in total. The van der Waals surface area contributed by atoms with Gasteiger partial charge >= 0.3 is 11.9 Å². The Hall–Kier alpha value is -2.37. The topological polar surface area (TPSA) is 92.7 Å². The normalized spacial score (nSPS) is 12.4. The summed E-state index contributed by atoms with van der Waals surface area (Å²) in [6, 6.07) is 0. The first-order valence-corrected chi connectivity index (χ1v) is 16.6. The second-order valence-electron chi connectivity index (χ2n) is 11.1. The highest BCUT2D eigenvalue weighted by atomic mass is 16.5. The predicted octanol–water partition coefficient (Wildman–Crippen LogP) is 9.39. The van der Waals surface area contributed by atoms with Crippen molar-refractivity contribution < 1.29 is 24.2 Å². The number of ether oxygens (including phenoxy) is 1. The van der Waals surface area contributed by atoms with Crippen LogP contribution < -0.4 is 5.32 Å². The maximum atomic E-state index is 12.5. The lowest BCUT2D eigenvalue weighted by molar-refractivity contribution is -0.147. The highest BCUT2D eigenvalue weighted by Crippen LogP contribution is 2.14. The zero-order valence-electron chi connectivity index (χ0n) is 26.4. The van der Waals surface area contributed by atoms with Gasteiger partial charge in [-0.2, -0.15) is 0 Å². The molecule has 0 spiro atoms. The van der Waals surface area contributed by atoms with Crippen molar-refractivity contribution in [3.8, 4) is 0 Å². The van der Waals surface area contributed by atoms with Crippen molar-refractivity contribution in [1.29, 1.82) is 0 Å². The molecule has 2 N–H and O–H groups in total. The number of carbonyl (C=O) groups excluding carboxylic acids is 2. The Morgan fingerprint density at radius 3 is 1.90 bits per heavy atom. The number of unbranched alkanes of at least 4 members (excludes halogenated alkanes) is 14. The summed E-state index contributed by atoms with van der Waals surface area (Å²) in [5, 5.41) is 11.0. The summed E-state index contributed by atoms with van der Waals surface area (Å²) in [5.74, 6) is -1.37. The number of amides is 1. The Morgan fingerprint density at radius 1 is 0.659 bits per heavy atom. The first kappa shape index (κ1) is 38.6. The molecule has 0 bridgehead atoms. The van der Waals surface area contributed by atoms with Gasteiger partial charge in [-0.15, -0.1) is 0 Å². The number of hydrogen-bond acceptors (Lipinski definition) is 4. The lowest BCUT2D eigenvalue weighted by atomic mass is 10.1. The van der Waals surface area contributed by atoms with Crippen molar-refractivity contribution >= 4 is 17.8 Å². The van der Waals surface area contributed by atoms with Gasteiger partial charge in [-0.25, -0.2) is 0 Å². The standard InChI is InChI=1S/C35H61NO5/c1-3-5-7-9-11-12-13-14-15-16-18-20-26-30-35(40)41-32(27-23-19-17-10-8-6-4-2)28-24-21-22-25-29-33(37)36-31-34(38)39/h10,12-13,17,23,27,32H,3-9,11,14-16,18-22,24-26,28-31H2,1-2H3,(H,36,37)(H,38,39)/b13-12-,17-10-,27-23-. The predicted molar refractivity (Wildman–Crippen MR) is 171 cm³/mol. The van der Waals surface area contributed by atoms with Gasteiger partial charge in [0.25, 0.3) is 0 Å². The third-order valence-corrected chi connectivity index (χ3v) is 7.02. The lowest BCUT2D eigenvalue weighted by Gasteiger charge is -2.14. The highest BCUT2D eigenvalue weighted by Gasteiger charge is 2.11. The number of hydrogen-bond donors (Lipinski definition) is 2. The molecule has 236 valence electrons. The van der Waals surface area contributed by atoms with Crippen molar-refractivity contribution in [3.63, 3.8) is 0 Å². The first-order chi connectivity index (χ1) is 20.0. The third-order valence-electron chi connectivity index (χ3n) is 7.02. The van der Waals surface area contributed by atoms with E-state index in [9.17, 15) is 14.4 Å². The number of aliphatic carboxylic acids is 1. The molecule has 0 aliphatic heterocycles. The summed E-state index contributed by atoms with van der Waals surface area (Å²) in [5.41, 5.74) is 0. The van der Waals surface area contributed by atoms with Gasteiger partial charge in [-0.05, 0) is 70.3 Å². The van der Waals surface area contributed by atoms with Crippen LogP contribution in [0.1, 0.15) is 155 Å². The fraction of sp³-hybridized carbons (Fsp3) is 0.743. The molecule has 0 rings (SSSR count). The summed E-state index contributed by atoms with van der Waals surface area (Å²) in [4.78, 5) is 34.7. The number of esters is 1. The minimum Gasteiger partial charge on any atom is -0.480 e. The molecule has 1 amide bonds. The Labute approximate surface area is 251 Å². The first-order valence-electron chi connectivity index (χ1n) is 16.6. The number of rotatable bonds is 29. The van der Waals surface area contributed by atoms with Crippen molar-refractivity contribution in [2.75, 3.05) is 6.54 Å². The Balaban J connectivity index is 4.20. The molecule has 1 atom stereocenters. The molecule has 0 aromatic heterocycles. The Bertz CT molecular complexity index is 728. The van der Waals surface area contributed by atoms with Gasteiger partial charge < -0.3 is 15.2 Å². The maximum Gasteiger partial charge on any atom is 0.322 e. The van der Waals surface area contributed by atoms with Crippen LogP contribution in [0.25, 0.3) is 0 Å². The van der Waals surface area contributed by atoms with Crippen LogP contribution in [0.4, 0.5) is 0 Å². The molecule has 0 aromatic rings. The second kappa shape index (κ2) is 30.6. The number of allylic oxidation sites excluding steroid dienone is 5. The van der Waals surface area contributed by atoms with Crippen molar-refractivity contribution in [2.24, 2.45) is 0 Å². The van der Waals surface area contributed by atoms with Crippen LogP contribution in [0.15, 0.2) is 36.5 Å². The molecule has 0 aliphatic rings. The van der Waals surface area contributed by atoms with E-state index in [0.29, 0.717) is 12.8 Å². The zero-order valence-corrected chi connectivity index (χ0v) is 26.4. The van der Waals surface area contributed by atoms with Gasteiger partial charge in [0.05, 0.1) is 0 Å². The molecule has 0 radical (unpaired) electrons. The quantitative estimate of drug-likeness (QED) is 0.0526. The zero-order chi connectivity index (χ0) is 30.2. The molecule has 0 heterocycles. The average Bonchev–Trinajstić information content (AvgIpc) is 2.95. The van der Waals surface area contributed by atoms with Gasteiger partial charge in [-0.3, -0.25) is 14.4 Å². The third kappa shape index (κ3) is 30.4. The molecule has 0 fully saturated rings.